The maximum atomic E-state index is 12.6. The molecule has 2 rings (SSSR count). The Morgan fingerprint density at radius 1 is 1.40 bits per heavy atom. The lowest BCUT2D eigenvalue weighted by Crippen LogP contribution is -2.39. The smallest absolute Gasteiger partial charge is 0.242 e. The van der Waals surface area contributed by atoms with Crippen molar-refractivity contribution in [3.8, 4) is 0 Å². The SMILES string of the molecule is Cc1cc(N)cc(S(=O)(=O)N(C)CC2CCCN2C)c1. The number of likely N-dealkylation sites (N-methyl/N-ethyl adjacent to an activating group) is 2. The summed E-state index contributed by atoms with van der Waals surface area (Å²) >= 11 is 0. The number of likely N-dealkylation sites (tertiary alicyclic amines) is 1. The molecule has 1 aliphatic heterocycles. The lowest BCUT2D eigenvalue weighted by atomic mass is 10.2. The lowest BCUT2D eigenvalue weighted by molar-refractivity contribution is 0.271. The van der Waals surface area contributed by atoms with E-state index < -0.39 is 10.0 Å². The maximum absolute atomic E-state index is 12.6. The molecule has 0 aliphatic carbocycles. The van der Waals surface area contributed by atoms with E-state index in [1.165, 1.54) is 10.4 Å². The molecular formula is C14H23N3O2S. The molecule has 1 aromatic carbocycles. The van der Waals surface area contributed by atoms with Crippen molar-refractivity contribution in [2.24, 2.45) is 0 Å². The summed E-state index contributed by atoms with van der Waals surface area (Å²) in [6.45, 7) is 3.41. The van der Waals surface area contributed by atoms with Gasteiger partial charge in [0, 0.05) is 25.3 Å². The standard InChI is InChI=1S/C14H23N3O2S/c1-11-7-12(15)9-14(8-11)20(18,19)17(3)10-13-5-4-6-16(13)2/h7-9,13H,4-6,10,15H2,1-3H3. The maximum Gasteiger partial charge on any atom is 0.242 e. The van der Waals surface area contributed by atoms with E-state index in [0.29, 0.717) is 18.3 Å². The van der Waals surface area contributed by atoms with Crippen LogP contribution in [0.2, 0.25) is 0 Å². The minimum Gasteiger partial charge on any atom is -0.399 e. The molecule has 0 radical (unpaired) electrons. The van der Waals surface area contributed by atoms with Crippen LogP contribution in [0.3, 0.4) is 0 Å². The second-order valence-electron chi connectivity index (χ2n) is 5.64. The van der Waals surface area contributed by atoms with Crippen LogP contribution in [0.5, 0.6) is 0 Å². The number of aryl methyl sites for hydroxylation is 1. The van der Waals surface area contributed by atoms with Gasteiger partial charge in [0.25, 0.3) is 0 Å². The Balaban J connectivity index is 2.20. The van der Waals surface area contributed by atoms with Crippen LogP contribution in [-0.4, -0.2) is 50.8 Å². The van der Waals surface area contributed by atoms with E-state index in [-0.39, 0.29) is 4.90 Å². The highest BCUT2D eigenvalue weighted by molar-refractivity contribution is 7.89. The topological polar surface area (TPSA) is 66.6 Å². The summed E-state index contributed by atoms with van der Waals surface area (Å²) < 4.78 is 26.6. The highest BCUT2D eigenvalue weighted by Crippen LogP contribution is 2.22. The molecular weight excluding hydrogens is 274 g/mol. The van der Waals surface area contributed by atoms with Crippen molar-refractivity contribution in [1.29, 1.82) is 0 Å². The Kier molecular flexibility index (Phi) is 4.36. The molecule has 1 heterocycles. The van der Waals surface area contributed by atoms with Gasteiger partial charge in [0.05, 0.1) is 4.90 Å². The predicted molar refractivity (Wildman–Crippen MR) is 81.1 cm³/mol. The van der Waals surface area contributed by atoms with Crippen molar-refractivity contribution >= 4 is 15.7 Å². The number of anilines is 1. The first-order valence-corrected chi connectivity index (χ1v) is 8.28. The van der Waals surface area contributed by atoms with Gasteiger partial charge in [-0.15, -0.1) is 0 Å². The molecule has 1 aromatic rings. The van der Waals surface area contributed by atoms with Gasteiger partial charge in [-0.1, -0.05) is 0 Å². The Morgan fingerprint density at radius 2 is 2.10 bits per heavy atom. The van der Waals surface area contributed by atoms with Crippen molar-refractivity contribution < 1.29 is 8.42 Å². The van der Waals surface area contributed by atoms with Gasteiger partial charge in [-0.3, -0.25) is 0 Å². The van der Waals surface area contributed by atoms with Crippen LogP contribution in [0.15, 0.2) is 23.1 Å². The predicted octanol–water partition coefficient (Wildman–Crippen LogP) is 1.29. The number of nitrogens with zero attached hydrogens (tertiary/aromatic N) is 2. The zero-order valence-corrected chi connectivity index (χ0v) is 13.2. The number of nitrogen functional groups attached to an aromatic ring is 1. The van der Waals surface area contributed by atoms with Gasteiger partial charge in [-0.2, -0.15) is 4.31 Å². The molecule has 0 spiro atoms. The average molecular weight is 297 g/mol. The molecule has 0 amide bonds. The molecule has 1 unspecified atom stereocenters. The normalized spacial score (nSPS) is 20.7. The first-order chi connectivity index (χ1) is 9.30. The number of benzene rings is 1. The molecule has 0 bridgehead atoms. The minimum absolute atomic E-state index is 0.276. The molecule has 1 aliphatic rings. The summed E-state index contributed by atoms with van der Waals surface area (Å²) in [5.74, 6) is 0. The van der Waals surface area contributed by atoms with Crippen LogP contribution >= 0.6 is 0 Å². The Bertz CT molecular complexity index is 566. The molecule has 0 aromatic heterocycles. The molecule has 1 fully saturated rings. The van der Waals surface area contributed by atoms with Crippen LogP contribution in [0.1, 0.15) is 18.4 Å². The molecule has 112 valence electrons. The number of hydrogen-bond acceptors (Lipinski definition) is 4. The largest absolute Gasteiger partial charge is 0.399 e. The van der Waals surface area contributed by atoms with Gasteiger partial charge >= 0.3 is 0 Å². The van der Waals surface area contributed by atoms with Gasteiger partial charge in [0.2, 0.25) is 10.0 Å². The van der Waals surface area contributed by atoms with Gasteiger partial charge in [0.15, 0.2) is 0 Å². The first kappa shape index (κ1) is 15.3. The summed E-state index contributed by atoms with van der Waals surface area (Å²) in [6.07, 6.45) is 2.18. The highest BCUT2D eigenvalue weighted by atomic mass is 32.2. The third-order valence-corrected chi connectivity index (χ3v) is 5.72. The Morgan fingerprint density at radius 3 is 2.65 bits per heavy atom. The van der Waals surface area contributed by atoms with E-state index in [1.807, 2.05) is 14.0 Å². The average Bonchev–Trinajstić information content (AvgIpc) is 2.73. The third-order valence-electron chi connectivity index (χ3n) is 3.92. The van der Waals surface area contributed by atoms with E-state index in [2.05, 4.69) is 4.90 Å². The lowest BCUT2D eigenvalue weighted by Gasteiger charge is -2.25. The van der Waals surface area contributed by atoms with Gasteiger partial charge in [-0.05, 0) is 57.1 Å². The summed E-state index contributed by atoms with van der Waals surface area (Å²) in [5, 5.41) is 0. The fourth-order valence-electron chi connectivity index (χ4n) is 2.71. The van der Waals surface area contributed by atoms with Gasteiger partial charge in [-0.25, -0.2) is 8.42 Å². The summed E-state index contributed by atoms with van der Waals surface area (Å²) in [4.78, 5) is 2.49. The van der Waals surface area contributed by atoms with Crippen LogP contribution < -0.4 is 5.73 Å². The fraction of sp³-hybridized carbons (Fsp3) is 0.571. The zero-order chi connectivity index (χ0) is 14.9. The highest BCUT2D eigenvalue weighted by Gasteiger charge is 2.28. The molecule has 20 heavy (non-hydrogen) atoms. The van der Waals surface area contributed by atoms with Gasteiger partial charge < -0.3 is 10.6 Å². The quantitative estimate of drug-likeness (QED) is 0.851. The second-order valence-corrected chi connectivity index (χ2v) is 7.69. The second kappa shape index (κ2) is 5.71. The first-order valence-electron chi connectivity index (χ1n) is 6.84. The monoisotopic (exact) mass is 297 g/mol. The van der Waals surface area contributed by atoms with E-state index in [0.717, 1.165) is 24.9 Å². The van der Waals surface area contributed by atoms with Crippen molar-refractivity contribution in [1.82, 2.24) is 9.21 Å². The van der Waals surface area contributed by atoms with Crippen LogP contribution in [0.4, 0.5) is 5.69 Å². The number of sulfonamides is 1. The summed E-state index contributed by atoms with van der Waals surface area (Å²) in [7, 11) is 0.215. The van der Waals surface area contributed by atoms with Crippen molar-refractivity contribution in [2.75, 3.05) is 32.9 Å². The number of hydrogen-bond donors (Lipinski definition) is 1. The Hall–Kier alpha value is -1.11. The fourth-order valence-corrected chi connectivity index (χ4v) is 4.06. The van der Waals surface area contributed by atoms with Crippen LogP contribution in [0.25, 0.3) is 0 Å². The van der Waals surface area contributed by atoms with Gasteiger partial charge in [0.1, 0.15) is 0 Å². The van der Waals surface area contributed by atoms with Crippen LogP contribution in [-0.2, 0) is 10.0 Å². The minimum atomic E-state index is -3.47. The summed E-state index contributed by atoms with van der Waals surface area (Å²) in [6, 6.07) is 5.26. The summed E-state index contributed by atoms with van der Waals surface area (Å²) in [5.41, 5.74) is 7.09. The molecule has 0 saturated carbocycles. The van der Waals surface area contributed by atoms with E-state index in [4.69, 9.17) is 5.73 Å². The molecule has 1 atom stereocenters. The molecule has 2 N–H and O–H groups in total. The third kappa shape index (κ3) is 3.13. The molecule has 5 nitrogen and oxygen atoms in total. The van der Waals surface area contributed by atoms with Crippen molar-refractivity contribution in [2.45, 2.75) is 30.7 Å². The van der Waals surface area contributed by atoms with Crippen molar-refractivity contribution in [3.63, 3.8) is 0 Å². The van der Waals surface area contributed by atoms with Crippen molar-refractivity contribution in [3.05, 3.63) is 23.8 Å². The van der Waals surface area contributed by atoms with E-state index >= 15 is 0 Å². The number of nitrogens with two attached hydrogens (primary N) is 1. The van der Waals surface area contributed by atoms with E-state index in [1.54, 1.807) is 19.2 Å². The Labute approximate surface area is 121 Å². The number of rotatable bonds is 4. The molecule has 1 saturated heterocycles. The van der Waals surface area contributed by atoms with Crippen LogP contribution in [0, 0.1) is 6.92 Å². The van der Waals surface area contributed by atoms with E-state index in [9.17, 15) is 8.42 Å². The molecule has 6 heteroatoms. The zero-order valence-electron chi connectivity index (χ0n) is 12.3.